The van der Waals surface area contributed by atoms with Crippen molar-refractivity contribution in [2.45, 2.75) is 47.0 Å². The molecular weight excluding hydrogens is 164 g/mol. The summed E-state index contributed by atoms with van der Waals surface area (Å²) in [6, 6.07) is 0. The molecule has 0 aliphatic rings. The molecular formula is C11H22O2. The van der Waals surface area contributed by atoms with Crippen molar-refractivity contribution in [1.29, 1.82) is 0 Å². The van der Waals surface area contributed by atoms with Gasteiger partial charge in [0.15, 0.2) is 0 Å². The minimum atomic E-state index is -0.0575. The Labute approximate surface area is 81.7 Å². The van der Waals surface area contributed by atoms with Crippen LogP contribution in [0.5, 0.6) is 0 Å². The number of esters is 1. The Morgan fingerprint density at radius 1 is 1.23 bits per heavy atom. The van der Waals surface area contributed by atoms with Gasteiger partial charge in [-0.3, -0.25) is 4.79 Å². The topological polar surface area (TPSA) is 26.3 Å². The molecule has 0 rings (SSSR count). The van der Waals surface area contributed by atoms with Gasteiger partial charge in [0.25, 0.3) is 0 Å². The molecule has 0 heterocycles. The Morgan fingerprint density at radius 3 is 2.31 bits per heavy atom. The lowest BCUT2D eigenvalue weighted by Crippen LogP contribution is -2.15. The number of carbonyl (C=O) groups excluding carboxylic acids is 1. The molecule has 0 N–H and O–H groups in total. The van der Waals surface area contributed by atoms with Gasteiger partial charge in [-0.25, -0.2) is 0 Å². The van der Waals surface area contributed by atoms with E-state index in [1.165, 1.54) is 12.8 Å². The summed E-state index contributed by atoms with van der Waals surface area (Å²) in [6.45, 7) is 8.84. The van der Waals surface area contributed by atoms with Gasteiger partial charge < -0.3 is 4.74 Å². The third-order valence-electron chi connectivity index (χ3n) is 2.51. The standard InChI is InChI=1S/C11H22O2/c1-5-7-9(3)10(4)8-11(12)13-6-2/h9-10H,5-8H2,1-4H3. The predicted molar refractivity (Wildman–Crippen MR) is 54.5 cm³/mol. The fourth-order valence-electron chi connectivity index (χ4n) is 1.42. The molecule has 0 saturated heterocycles. The summed E-state index contributed by atoms with van der Waals surface area (Å²) >= 11 is 0. The molecule has 0 saturated carbocycles. The maximum absolute atomic E-state index is 11.1. The molecule has 0 fully saturated rings. The predicted octanol–water partition coefficient (Wildman–Crippen LogP) is 3.01. The Balaban J connectivity index is 3.71. The van der Waals surface area contributed by atoms with Gasteiger partial charge in [-0.1, -0.05) is 33.6 Å². The smallest absolute Gasteiger partial charge is 0.306 e. The molecule has 0 aromatic carbocycles. The van der Waals surface area contributed by atoms with Crippen LogP contribution in [-0.2, 0) is 9.53 Å². The van der Waals surface area contributed by atoms with E-state index in [0.29, 0.717) is 24.9 Å². The molecule has 78 valence electrons. The van der Waals surface area contributed by atoms with Gasteiger partial charge in [-0.05, 0) is 18.8 Å². The van der Waals surface area contributed by atoms with E-state index in [0.717, 1.165) is 0 Å². The lowest BCUT2D eigenvalue weighted by molar-refractivity contribution is -0.144. The highest BCUT2D eigenvalue weighted by molar-refractivity contribution is 5.69. The monoisotopic (exact) mass is 186 g/mol. The maximum Gasteiger partial charge on any atom is 0.306 e. The minimum absolute atomic E-state index is 0.0575. The Morgan fingerprint density at radius 2 is 1.85 bits per heavy atom. The molecule has 0 aliphatic heterocycles. The molecule has 0 aromatic rings. The first-order valence-electron chi connectivity index (χ1n) is 5.27. The average molecular weight is 186 g/mol. The second-order valence-electron chi connectivity index (χ2n) is 3.75. The van der Waals surface area contributed by atoms with Gasteiger partial charge in [0, 0.05) is 6.42 Å². The second-order valence-corrected chi connectivity index (χ2v) is 3.75. The summed E-state index contributed by atoms with van der Waals surface area (Å²) in [4.78, 5) is 11.1. The molecule has 0 amide bonds. The highest BCUT2D eigenvalue weighted by Crippen LogP contribution is 2.20. The van der Waals surface area contributed by atoms with Crippen molar-refractivity contribution in [3.63, 3.8) is 0 Å². The van der Waals surface area contributed by atoms with Crippen LogP contribution in [0.4, 0.5) is 0 Å². The minimum Gasteiger partial charge on any atom is -0.466 e. The van der Waals surface area contributed by atoms with Crippen LogP contribution >= 0.6 is 0 Å². The van der Waals surface area contributed by atoms with E-state index in [4.69, 9.17) is 4.74 Å². The van der Waals surface area contributed by atoms with Crippen molar-refractivity contribution < 1.29 is 9.53 Å². The van der Waals surface area contributed by atoms with Crippen LogP contribution in [0.25, 0.3) is 0 Å². The van der Waals surface area contributed by atoms with E-state index in [-0.39, 0.29) is 5.97 Å². The van der Waals surface area contributed by atoms with Gasteiger partial charge >= 0.3 is 5.97 Å². The van der Waals surface area contributed by atoms with Gasteiger partial charge in [-0.15, -0.1) is 0 Å². The van der Waals surface area contributed by atoms with Gasteiger partial charge in [0.1, 0.15) is 0 Å². The highest BCUT2D eigenvalue weighted by Gasteiger charge is 2.15. The van der Waals surface area contributed by atoms with Crippen molar-refractivity contribution in [3.8, 4) is 0 Å². The number of hydrogen-bond acceptors (Lipinski definition) is 2. The fourth-order valence-corrected chi connectivity index (χ4v) is 1.42. The third kappa shape index (κ3) is 5.67. The SMILES string of the molecule is CCCC(C)C(C)CC(=O)OCC. The normalized spacial score (nSPS) is 15.1. The van der Waals surface area contributed by atoms with E-state index in [1.807, 2.05) is 6.92 Å². The summed E-state index contributed by atoms with van der Waals surface area (Å²) in [6.07, 6.45) is 2.95. The molecule has 0 aliphatic carbocycles. The summed E-state index contributed by atoms with van der Waals surface area (Å²) < 4.78 is 4.90. The molecule has 0 radical (unpaired) electrons. The first kappa shape index (κ1) is 12.5. The zero-order chi connectivity index (χ0) is 10.3. The average Bonchev–Trinajstić information content (AvgIpc) is 2.05. The first-order chi connectivity index (χ1) is 6.11. The van der Waals surface area contributed by atoms with Crippen molar-refractivity contribution in [3.05, 3.63) is 0 Å². The Kier molecular flexibility index (Phi) is 6.65. The maximum atomic E-state index is 11.1. The van der Waals surface area contributed by atoms with Crippen molar-refractivity contribution in [2.24, 2.45) is 11.8 Å². The van der Waals surface area contributed by atoms with Crippen LogP contribution in [0.15, 0.2) is 0 Å². The first-order valence-corrected chi connectivity index (χ1v) is 5.27. The van der Waals surface area contributed by atoms with Crippen molar-refractivity contribution in [1.82, 2.24) is 0 Å². The Hall–Kier alpha value is -0.530. The van der Waals surface area contributed by atoms with Crippen LogP contribution in [0.2, 0.25) is 0 Å². The molecule has 2 unspecified atom stereocenters. The van der Waals surface area contributed by atoms with Crippen molar-refractivity contribution in [2.75, 3.05) is 6.61 Å². The van der Waals surface area contributed by atoms with Crippen LogP contribution in [-0.4, -0.2) is 12.6 Å². The Bertz CT molecular complexity index is 143. The van der Waals surface area contributed by atoms with Crippen LogP contribution in [0.1, 0.15) is 47.0 Å². The van der Waals surface area contributed by atoms with Gasteiger partial charge in [0.05, 0.1) is 6.61 Å². The third-order valence-corrected chi connectivity index (χ3v) is 2.51. The molecule has 0 aromatic heterocycles. The summed E-state index contributed by atoms with van der Waals surface area (Å²) in [7, 11) is 0. The molecule has 2 atom stereocenters. The number of rotatable bonds is 6. The van der Waals surface area contributed by atoms with E-state index < -0.39 is 0 Å². The molecule has 13 heavy (non-hydrogen) atoms. The van der Waals surface area contributed by atoms with Crippen LogP contribution in [0, 0.1) is 11.8 Å². The van der Waals surface area contributed by atoms with Gasteiger partial charge in [0.2, 0.25) is 0 Å². The number of ether oxygens (including phenoxy) is 1. The van der Waals surface area contributed by atoms with Crippen molar-refractivity contribution >= 4 is 5.97 Å². The largest absolute Gasteiger partial charge is 0.466 e. The van der Waals surface area contributed by atoms with Crippen LogP contribution in [0.3, 0.4) is 0 Å². The fraction of sp³-hybridized carbons (Fsp3) is 0.909. The molecule has 2 heteroatoms. The lowest BCUT2D eigenvalue weighted by Gasteiger charge is -2.17. The summed E-state index contributed by atoms with van der Waals surface area (Å²) in [5.74, 6) is 1.01. The van der Waals surface area contributed by atoms with E-state index >= 15 is 0 Å². The van der Waals surface area contributed by atoms with Crippen LogP contribution < -0.4 is 0 Å². The second kappa shape index (κ2) is 6.93. The molecule has 0 bridgehead atoms. The van der Waals surface area contributed by atoms with E-state index in [1.54, 1.807) is 0 Å². The molecule has 2 nitrogen and oxygen atoms in total. The summed E-state index contributed by atoms with van der Waals surface area (Å²) in [5, 5.41) is 0. The highest BCUT2D eigenvalue weighted by atomic mass is 16.5. The number of hydrogen-bond donors (Lipinski definition) is 0. The van der Waals surface area contributed by atoms with E-state index in [9.17, 15) is 4.79 Å². The zero-order valence-corrected chi connectivity index (χ0v) is 9.30. The quantitative estimate of drug-likeness (QED) is 0.596. The van der Waals surface area contributed by atoms with Gasteiger partial charge in [-0.2, -0.15) is 0 Å². The number of carbonyl (C=O) groups is 1. The van der Waals surface area contributed by atoms with E-state index in [2.05, 4.69) is 20.8 Å². The summed E-state index contributed by atoms with van der Waals surface area (Å²) in [5.41, 5.74) is 0. The lowest BCUT2D eigenvalue weighted by atomic mass is 9.89. The molecule has 0 spiro atoms. The zero-order valence-electron chi connectivity index (χ0n) is 9.30.